The van der Waals surface area contributed by atoms with Gasteiger partial charge in [-0.15, -0.1) is 0 Å². The summed E-state index contributed by atoms with van der Waals surface area (Å²) in [6.07, 6.45) is 4.08. The highest BCUT2D eigenvalue weighted by atomic mass is 35.5. The van der Waals surface area contributed by atoms with Crippen molar-refractivity contribution >= 4 is 51.5 Å². The zero-order chi connectivity index (χ0) is 41.6. The fourth-order valence-corrected chi connectivity index (χ4v) is 10.3. The van der Waals surface area contributed by atoms with Gasteiger partial charge in [0.2, 0.25) is 5.91 Å². The second-order valence-corrected chi connectivity index (χ2v) is 18.1. The summed E-state index contributed by atoms with van der Waals surface area (Å²) in [4.78, 5) is 58.3. The fraction of sp³-hybridized carbons (Fsp3) is 0.467. The summed E-state index contributed by atoms with van der Waals surface area (Å²) in [6, 6.07) is 20.1. The van der Waals surface area contributed by atoms with E-state index in [1.807, 2.05) is 30.3 Å². The van der Waals surface area contributed by atoms with Crippen molar-refractivity contribution in [1.29, 1.82) is 5.26 Å². The molecule has 0 spiro atoms. The number of imide groups is 1. The molecule has 1 atom stereocenters. The second-order valence-electron chi connectivity index (χ2n) is 17.7. The minimum absolute atomic E-state index is 0.104. The van der Waals surface area contributed by atoms with Gasteiger partial charge in [-0.05, 0) is 73.7 Å². The highest BCUT2D eigenvalue weighted by Crippen LogP contribution is 2.55. The van der Waals surface area contributed by atoms with Crippen LogP contribution < -0.4 is 30.7 Å². The summed E-state index contributed by atoms with van der Waals surface area (Å²) in [5.41, 5.74) is 2.13. The van der Waals surface area contributed by atoms with Gasteiger partial charge in [-0.2, -0.15) is 10.4 Å². The van der Waals surface area contributed by atoms with Crippen LogP contribution in [0.15, 0.2) is 71.7 Å². The SMILES string of the molecule is CC1(C)C(NC(=O)c2ccc(N3CCC(CN4CCN(c5ccc6cnn(C7CCC(=O)NC7=O)c(=O)c6c5)CC4)CC3)cc2)C(C)(C)C1Oc1ccc(C#N)c(Cl)c1. The van der Waals surface area contributed by atoms with Crippen LogP contribution in [0.4, 0.5) is 11.4 Å². The van der Waals surface area contributed by atoms with Crippen LogP contribution in [0.5, 0.6) is 5.75 Å². The Hall–Kier alpha value is -5.45. The normalized spacial score (nSPS) is 23.3. The van der Waals surface area contributed by atoms with Crippen molar-refractivity contribution in [2.75, 3.05) is 55.6 Å². The van der Waals surface area contributed by atoms with E-state index in [4.69, 9.17) is 16.3 Å². The van der Waals surface area contributed by atoms with Gasteiger partial charge >= 0.3 is 0 Å². The van der Waals surface area contributed by atoms with Gasteiger partial charge in [0.05, 0.1) is 22.2 Å². The first kappa shape index (κ1) is 40.3. The van der Waals surface area contributed by atoms with Crippen LogP contribution in [0.3, 0.4) is 0 Å². The molecule has 0 radical (unpaired) electrons. The van der Waals surface area contributed by atoms with Crippen molar-refractivity contribution in [2.24, 2.45) is 16.7 Å². The van der Waals surface area contributed by atoms with E-state index in [9.17, 15) is 24.4 Å². The fourth-order valence-electron chi connectivity index (χ4n) is 10.0. The van der Waals surface area contributed by atoms with E-state index < -0.39 is 11.9 Å². The van der Waals surface area contributed by atoms with Crippen molar-refractivity contribution in [3.63, 3.8) is 0 Å². The lowest BCUT2D eigenvalue weighted by Gasteiger charge is -2.63. The van der Waals surface area contributed by atoms with Crippen LogP contribution in [0, 0.1) is 28.1 Å². The standard InChI is InChI=1S/C45H51ClN8O5/c1-44(2)42(45(3,4)43(44)59-34-12-8-30(25-47)36(46)24-34)50-39(56)29-5-9-32(10-6-29)52-17-15-28(16-18-52)27-51-19-21-53(22-20-51)33-11-7-31-26-48-54(41(58)35(31)23-33)37-13-14-38(55)49-40(37)57/h5-12,23-24,26,28,37,42-43H,13-22,27H2,1-4H3,(H,50,56)(H,49,55,57). The maximum atomic E-state index is 13.5. The van der Waals surface area contributed by atoms with E-state index in [0.717, 1.165) is 75.4 Å². The third-order valence-corrected chi connectivity index (χ3v) is 13.4. The third kappa shape index (κ3) is 7.88. The number of ether oxygens (including phenoxy) is 1. The van der Waals surface area contributed by atoms with Crippen LogP contribution in [-0.2, 0) is 9.59 Å². The summed E-state index contributed by atoms with van der Waals surface area (Å²) in [5, 5.41) is 20.7. The summed E-state index contributed by atoms with van der Waals surface area (Å²) < 4.78 is 7.60. The van der Waals surface area contributed by atoms with Gasteiger partial charge in [0.15, 0.2) is 0 Å². The Morgan fingerprint density at radius 2 is 1.58 bits per heavy atom. The largest absolute Gasteiger partial charge is 0.489 e. The van der Waals surface area contributed by atoms with E-state index >= 15 is 0 Å². The number of fused-ring (bicyclic) bond motifs is 1. The molecule has 1 aromatic heterocycles. The van der Waals surface area contributed by atoms with E-state index in [0.29, 0.717) is 33.2 Å². The van der Waals surface area contributed by atoms with Gasteiger partial charge in [-0.3, -0.25) is 29.4 Å². The van der Waals surface area contributed by atoms with E-state index in [1.165, 1.54) is 4.68 Å². The predicted molar refractivity (Wildman–Crippen MR) is 227 cm³/mol. The van der Waals surface area contributed by atoms with Gasteiger partial charge in [-0.25, -0.2) is 4.68 Å². The van der Waals surface area contributed by atoms with Crippen molar-refractivity contribution in [3.8, 4) is 11.8 Å². The molecule has 308 valence electrons. The van der Waals surface area contributed by atoms with Gasteiger partial charge in [-0.1, -0.05) is 45.4 Å². The number of piperazine rings is 1. The Balaban J connectivity index is 0.802. The molecule has 1 saturated carbocycles. The third-order valence-electron chi connectivity index (χ3n) is 13.1. The average molecular weight is 819 g/mol. The lowest BCUT2D eigenvalue weighted by Crippen LogP contribution is -2.74. The minimum Gasteiger partial charge on any atom is -0.489 e. The Morgan fingerprint density at radius 1 is 0.898 bits per heavy atom. The molecule has 1 aliphatic carbocycles. The number of amides is 3. The van der Waals surface area contributed by atoms with Crippen LogP contribution in [0.25, 0.3) is 10.8 Å². The summed E-state index contributed by atoms with van der Waals surface area (Å²) in [7, 11) is 0. The van der Waals surface area contributed by atoms with Crippen molar-refractivity contribution in [1.82, 2.24) is 25.3 Å². The molecule has 1 unspecified atom stereocenters. The van der Waals surface area contributed by atoms with Crippen molar-refractivity contribution in [3.05, 3.63) is 93.4 Å². The molecule has 4 aromatic rings. The number of carbonyl (C=O) groups is 3. The Labute approximate surface area is 349 Å². The van der Waals surface area contributed by atoms with E-state index in [1.54, 1.807) is 24.4 Å². The number of rotatable bonds is 9. The molecule has 2 N–H and O–H groups in total. The number of carbonyl (C=O) groups excluding carboxylic acids is 3. The number of anilines is 2. The molecular weight excluding hydrogens is 768 g/mol. The Kier molecular flexibility index (Phi) is 10.9. The monoisotopic (exact) mass is 818 g/mol. The number of nitrogens with one attached hydrogen (secondary N) is 2. The first-order valence-electron chi connectivity index (χ1n) is 20.6. The molecule has 3 amide bonds. The number of halogens is 1. The highest BCUT2D eigenvalue weighted by molar-refractivity contribution is 6.31. The molecule has 14 heteroatoms. The quantitative estimate of drug-likeness (QED) is 0.206. The van der Waals surface area contributed by atoms with Crippen LogP contribution in [0.2, 0.25) is 5.02 Å². The second kappa shape index (κ2) is 16.0. The maximum Gasteiger partial charge on any atom is 0.275 e. The molecule has 0 bridgehead atoms. The number of nitrogens with zero attached hydrogens (tertiary/aromatic N) is 6. The molecule has 4 aliphatic rings. The van der Waals surface area contributed by atoms with Gasteiger partial charge in [0, 0.05) is 97.5 Å². The Morgan fingerprint density at radius 3 is 2.24 bits per heavy atom. The number of hydrogen-bond donors (Lipinski definition) is 2. The first-order chi connectivity index (χ1) is 28.2. The average Bonchev–Trinajstić information content (AvgIpc) is 3.23. The first-order valence-corrected chi connectivity index (χ1v) is 21.0. The van der Waals surface area contributed by atoms with E-state index in [-0.39, 0.29) is 53.2 Å². The number of benzene rings is 3. The minimum atomic E-state index is -0.790. The van der Waals surface area contributed by atoms with Gasteiger partial charge in [0.1, 0.15) is 24.0 Å². The number of piperidine rings is 2. The zero-order valence-electron chi connectivity index (χ0n) is 34.0. The highest BCUT2D eigenvalue weighted by Gasteiger charge is 2.64. The molecule has 4 heterocycles. The maximum absolute atomic E-state index is 13.5. The molecule has 59 heavy (non-hydrogen) atoms. The number of hydrogen-bond acceptors (Lipinski definition) is 10. The molecule has 3 saturated heterocycles. The van der Waals surface area contributed by atoms with Crippen LogP contribution >= 0.6 is 11.6 Å². The lowest BCUT2D eigenvalue weighted by molar-refractivity contribution is -0.164. The summed E-state index contributed by atoms with van der Waals surface area (Å²) in [6.45, 7) is 15.0. The van der Waals surface area contributed by atoms with Gasteiger partial charge in [0.25, 0.3) is 17.4 Å². The number of aromatic nitrogens is 2. The predicted octanol–water partition coefficient (Wildman–Crippen LogP) is 5.55. The van der Waals surface area contributed by atoms with Crippen molar-refractivity contribution in [2.45, 2.75) is 71.6 Å². The van der Waals surface area contributed by atoms with E-state index in [2.05, 4.69) is 76.3 Å². The lowest BCUT2D eigenvalue weighted by atomic mass is 9.49. The Bertz CT molecular complexity index is 2360. The zero-order valence-corrected chi connectivity index (χ0v) is 34.8. The molecule has 8 rings (SSSR count). The van der Waals surface area contributed by atoms with Crippen molar-refractivity contribution < 1.29 is 19.1 Å². The van der Waals surface area contributed by atoms with Crippen LogP contribution in [-0.4, -0.2) is 90.4 Å². The number of nitriles is 1. The molecule has 4 fully saturated rings. The topological polar surface area (TPSA) is 153 Å². The summed E-state index contributed by atoms with van der Waals surface area (Å²) in [5.74, 6) is 0.293. The molecule has 3 aromatic carbocycles. The van der Waals surface area contributed by atoms with Gasteiger partial charge < -0.3 is 19.9 Å². The summed E-state index contributed by atoms with van der Waals surface area (Å²) >= 11 is 6.26. The van der Waals surface area contributed by atoms with Crippen LogP contribution in [0.1, 0.15) is 75.3 Å². The smallest absolute Gasteiger partial charge is 0.275 e. The molecule has 3 aliphatic heterocycles. The molecule has 13 nitrogen and oxygen atoms in total. The molecular formula is C45H51ClN8O5.